The SMILES string of the molecule is C[C@@]12CC[C@@H](C[C@H]1C(=O)NCCN1CCCCC1)[C@]1(C2)NC(=O)c2cccnc2N1. The minimum atomic E-state index is -0.490. The lowest BCUT2D eigenvalue weighted by Crippen LogP contribution is -2.70. The molecule has 6 rings (SSSR count). The molecule has 7 nitrogen and oxygen atoms in total. The molecule has 5 aliphatic rings. The van der Waals surface area contributed by atoms with E-state index in [2.05, 4.69) is 32.8 Å². The van der Waals surface area contributed by atoms with Crippen molar-refractivity contribution in [1.82, 2.24) is 20.5 Å². The van der Waals surface area contributed by atoms with Crippen LogP contribution in [0.4, 0.5) is 5.82 Å². The van der Waals surface area contributed by atoms with Crippen LogP contribution in [-0.2, 0) is 4.79 Å². The zero-order chi connectivity index (χ0) is 20.8. The van der Waals surface area contributed by atoms with Gasteiger partial charge in [-0.25, -0.2) is 4.98 Å². The first-order valence-corrected chi connectivity index (χ1v) is 11.5. The van der Waals surface area contributed by atoms with Crippen molar-refractivity contribution >= 4 is 17.6 Å². The van der Waals surface area contributed by atoms with Crippen LogP contribution in [0.15, 0.2) is 18.3 Å². The predicted molar refractivity (Wildman–Crippen MR) is 115 cm³/mol. The summed E-state index contributed by atoms with van der Waals surface area (Å²) >= 11 is 0. The summed E-state index contributed by atoms with van der Waals surface area (Å²) in [7, 11) is 0. The summed E-state index contributed by atoms with van der Waals surface area (Å²) in [5.41, 5.74) is -0.0197. The number of carbonyl (C=O) groups excluding carboxylic acids is 2. The number of anilines is 1. The molecule has 1 aromatic heterocycles. The maximum absolute atomic E-state index is 13.1. The molecule has 3 N–H and O–H groups in total. The van der Waals surface area contributed by atoms with Gasteiger partial charge in [-0.3, -0.25) is 9.59 Å². The molecule has 2 amide bonds. The second-order valence-electron chi connectivity index (χ2n) is 10.00. The Hall–Kier alpha value is -2.15. The lowest BCUT2D eigenvalue weighted by atomic mass is 9.51. The normalized spacial score (nSPS) is 35.4. The summed E-state index contributed by atoms with van der Waals surface area (Å²) in [6, 6.07) is 3.59. The molecule has 7 heteroatoms. The van der Waals surface area contributed by atoms with Crippen molar-refractivity contribution in [3.05, 3.63) is 23.9 Å². The molecule has 1 aromatic rings. The van der Waals surface area contributed by atoms with E-state index in [0.29, 0.717) is 11.4 Å². The van der Waals surface area contributed by atoms with Crippen molar-refractivity contribution < 1.29 is 9.59 Å². The van der Waals surface area contributed by atoms with E-state index < -0.39 is 5.66 Å². The molecule has 2 aliphatic heterocycles. The Morgan fingerprint density at radius 2 is 2.13 bits per heavy atom. The van der Waals surface area contributed by atoms with E-state index >= 15 is 0 Å². The number of aromatic nitrogens is 1. The summed E-state index contributed by atoms with van der Waals surface area (Å²) < 4.78 is 0. The van der Waals surface area contributed by atoms with Gasteiger partial charge in [-0.15, -0.1) is 0 Å². The number of nitrogens with one attached hydrogen (secondary N) is 3. The van der Waals surface area contributed by atoms with Crippen molar-refractivity contribution in [2.24, 2.45) is 17.3 Å². The average Bonchev–Trinajstić information content (AvgIpc) is 2.74. The number of fused-ring (bicyclic) bond motifs is 3. The number of piperidine rings is 1. The second-order valence-corrected chi connectivity index (χ2v) is 10.00. The summed E-state index contributed by atoms with van der Waals surface area (Å²) in [4.78, 5) is 32.8. The molecule has 0 unspecified atom stereocenters. The number of amides is 2. The van der Waals surface area contributed by atoms with Crippen molar-refractivity contribution in [1.29, 1.82) is 0 Å². The highest BCUT2D eigenvalue weighted by molar-refractivity contribution is 6.01. The molecule has 2 bridgehead atoms. The molecule has 3 saturated carbocycles. The minimum absolute atomic E-state index is 0.00654. The minimum Gasteiger partial charge on any atom is -0.355 e. The van der Waals surface area contributed by atoms with Gasteiger partial charge >= 0.3 is 0 Å². The molecule has 162 valence electrons. The average molecular weight is 412 g/mol. The van der Waals surface area contributed by atoms with Crippen LogP contribution in [0, 0.1) is 17.3 Å². The van der Waals surface area contributed by atoms with Crippen LogP contribution < -0.4 is 16.0 Å². The van der Waals surface area contributed by atoms with Crippen LogP contribution in [0.1, 0.15) is 62.2 Å². The van der Waals surface area contributed by atoms with E-state index in [4.69, 9.17) is 0 Å². The number of likely N-dealkylation sites (tertiary alicyclic amines) is 1. The second kappa shape index (κ2) is 7.52. The van der Waals surface area contributed by atoms with E-state index in [1.54, 1.807) is 18.3 Å². The molecule has 0 radical (unpaired) electrons. The molecular formula is C23H33N5O2. The molecule has 1 spiro atoms. The number of hydrogen-bond acceptors (Lipinski definition) is 5. The number of hydrogen-bond donors (Lipinski definition) is 3. The van der Waals surface area contributed by atoms with Crippen molar-refractivity contribution in [3.8, 4) is 0 Å². The third-order valence-electron chi connectivity index (χ3n) is 8.03. The van der Waals surface area contributed by atoms with Gasteiger partial charge in [0.25, 0.3) is 5.91 Å². The zero-order valence-corrected chi connectivity index (χ0v) is 17.9. The number of rotatable bonds is 4. The van der Waals surface area contributed by atoms with Gasteiger partial charge in [0.1, 0.15) is 11.5 Å². The van der Waals surface area contributed by atoms with Gasteiger partial charge in [0.05, 0.1) is 5.56 Å². The fourth-order valence-electron chi connectivity index (χ4n) is 6.37. The van der Waals surface area contributed by atoms with E-state index in [1.165, 1.54) is 19.3 Å². The third kappa shape index (κ3) is 3.37. The fourth-order valence-corrected chi connectivity index (χ4v) is 6.37. The van der Waals surface area contributed by atoms with Crippen LogP contribution in [0.2, 0.25) is 0 Å². The maximum atomic E-state index is 13.1. The Kier molecular flexibility index (Phi) is 4.96. The first kappa shape index (κ1) is 19.8. The highest BCUT2D eigenvalue weighted by Crippen LogP contribution is 2.58. The lowest BCUT2D eigenvalue weighted by molar-refractivity contribution is -0.139. The van der Waals surface area contributed by atoms with E-state index in [0.717, 1.165) is 51.9 Å². The Bertz CT molecular complexity index is 839. The fraction of sp³-hybridized carbons (Fsp3) is 0.696. The van der Waals surface area contributed by atoms with Gasteiger partial charge in [0.2, 0.25) is 5.91 Å². The van der Waals surface area contributed by atoms with Crippen LogP contribution in [0.3, 0.4) is 0 Å². The topological polar surface area (TPSA) is 86.4 Å². The molecule has 4 fully saturated rings. The van der Waals surface area contributed by atoms with Gasteiger partial charge in [0.15, 0.2) is 0 Å². The van der Waals surface area contributed by atoms with Crippen molar-refractivity contribution in [2.45, 2.75) is 57.5 Å². The Balaban J connectivity index is 1.26. The molecule has 3 aliphatic carbocycles. The molecule has 0 aromatic carbocycles. The van der Waals surface area contributed by atoms with Crippen molar-refractivity contribution in [3.63, 3.8) is 0 Å². The quantitative estimate of drug-likeness (QED) is 0.708. The van der Waals surface area contributed by atoms with Crippen LogP contribution in [-0.4, -0.2) is 53.5 Å². The van der Waals surface area contributed by atoms with Crippen molar-refractivity contribution in [2.75, 3.05) is 31.5 Å². The van der Waals surface area contributed by atoms with Gasteiger partial charge < -0.3 is 20.9 Å². The monoisotopic (exact) mass is 411 g/mol. The van der Waals surface area contributed by atoms with Crippen LogP contribution in [0.5, 0.6) is 0 Å². The van der Waals surface area contributed by atoms with E-state index in [9.17, 15) is 9.59 Å². The summed E-state index contributed by atoms with van der Waals surface area (Å²) in [5.74, 6) is 1.04. The Morgan fingerprint density at radius 3 is 2.93 bits per heavy atom. The van der Waals surface area contributed by atoms with Crippen LogP contribution in [0.25, 0.3) is 0 Å². The number of nitrogens with zero attached hydrogens (tertiary/aromatic N) is 2. The predicted octanol–water partition coefficient (Wildman–Crippen LogP) is 2.36. The standard InChI is InChI=1S/C23H33N5O2/c1-22-8-7-16(14-18(22)21(30)25-10-13-28-11-3-2-4-12-28)23(15-22)26-19-17(20(29)27-23)6-5-9-24-19/h5-6,9,16,18H,2-4,7-8,10-15H2,1H3,(H,24,26)(H,25,30)(H,27,29)/t16-,18-,22-,23-/m0/s1. The summed E-state index contributed by atoms with van der Waals surface area (Å²) in [5, 5.41) is 10.1. The van der Waals surface area contributed by atoms with Gasteiger partial charge in [-0.05, 0) is 69.2 Å². The van der Waals surface area contributed by atoms with E-state index in [1.807, 2.05) is 0 Å². The molecule has 1 saturated heterocycles. The van der Waals surface area contributed by atoms with Gasteiger partial charge in [0, 0.05) is 31.1 Å². The van der Waals surface area contributed by atoms with Crippen LogP contribution >= 0.6 is 0 Å². The highest BCUT2D eigenvalue weighted by atomic mass is 16.2. The van der Waals surface area contributed by atoms with E-state index in [-0.39, 0.29) is 29.1 Å². The Labute approximate surface area is 178 Å². The number of pyridine rings is 1. The largest absolute Gasteiger partial charge is 0.355 e. The zero-order valence-electron chi connectivity index (χ0n) is 17.9. The smallest absolute Gasteiger partial charge is 0.256 e. The molecule has 30 heavy (non-hydrogen) atoms. The van der Waals surface area contributed by atoms with Gasteiger partial charge in [-0.1, -0.05) is 13.3 Å². The first-order valence-electron chi connectivity index (χ1n) is 11.5. The molecular weight excluding hydrogens is 378 g/mol. The summed E-state index contributed by atoms with van der Waals surface area (Å²) in [6.07, 6.45) is 9.21. The third-order valence-corrected chi connectivity index (χ3v) is 8.03. The van der Waals surface area contributed by atoms with Gasteiger partial charge in [-0.2, -0.15) is 0 Å². The molecule has 4 atom stereocenters. The number of carbonyl (C=O) groups is 2. The first-order chi connectivity index (χ1) is 14.5. The Morgan fingerprint density at radius 1 is 1.30 bits per heavy atom. The molecule has 3 heterocycles. The summed E-state index contributed by atoms with van der Waals surface area (Å²) in [6.45, 7) is 6.21. The maximum Gasteiger partial charge on any atom is 0.256 e. The lowest BCUT2D eigenvalue weighted by Gasteiger charge is -2.60. The highest BCUT2D eigenvalue weighted by Gasteiger charge is 2.60.